The largest absolute Gasteiger partial charge is 0.310 e. The molecule has 1 N–H and O–H groups in total. The zero-order chi connectivity index (χ0) is 11.5. The maximum absolute atomic E-state index is 13.3. The molecule has 1 fully saturated rings. The molecule has 1 unspecified atom stereocenters. The normalized spacial score (nSPS) is 18.2. The van der Waals surface area contributed by atoms with Gasteiger partial charge < -0.3 is 5.32 Å². The van der Waals surface area contributed by atoms with Gasteiger partial charge in [-0.1, -0.05) is 19.4 Å². The van der Waals surface area contributed by atoms with E-state index in [1.807, 2.05) is 6.07 Å². The number of hydrogen-bond donors (Lipinski definition) is 1. The highest BCUT2D eigenvalue weighted by Crippen LogP contribution is 2.38. The highest BCUT2D eigenvalue weighted by molar-refractivity contribution is 5.30. The number of rotatable bonds is 4. The first-order valence-electron chi connectivity index (χ1n) is 6.21. The molecule has 0 amide bonds. The number of aryl methyl sites for hydroxylation is 1. The van der Waals surface area contributed by atoms with Crippen molar-refractivity contribution in [1.29, 1.82) is 0 Å². The summed E-state index contributed by atoms with van der Waals surface area (Å²) in [5, 5.41) is 3.50. The smallest absolute Gasteiger partial charge is 0.123 e. The number of nitrogens with one attached hydrogen (secondary N) is 1. The van der Waals surface area contributed by atoms with Crippen LogP contribution < -0.4 is 5.32 Å². The van der Waals surface area contributed by atoms with Crippen molar-refractivity contribution in [3.05, 3.63) is 35.1 Å². The minimum absolute atomic E-state index is 0.122. The molecule has 0 aromatic heterocycles. The van der Waals surface area contributed by atoms with Crippen LogP contribution in [0.1, 0.15) is 43.4 Å². The van der Waals surface area contributed by atoms with Gasteiger partial charge >= 0.3 is 0 Å². The maximum atomic E-state index is 13.3. The first-order chi connectivity index (χ1) is 7.72. The van der Waals surface area contributed by atoms with Crippen LogP contribution in [0.2, 0.25) is 0 Å². The van der Waals surface area contributed by atoms with Gasteiger partial charge in [-0.15, -0.1) is 0 Å². The summed E-state index contributed by atoms with van der Waals surface area (Å²) in [6.45, 7) is 5.12. The molecule has 0 radical (unpaired) electrons. The van der Waals surface area contributed by atoms with Gasteiger partial charge in [0.05, 0.1) is 0 Å². The molecule has 0 heterocycles. The molecule has 0 bridgehead atoms. The Hall–Kier alpha value is -0.890. The first kappa shape index (κ1) is 11.6. The zero-order valence-corrected chi connectivity index (χ0v) is 10.1. The standard InChI is InChI=1S/C14H20FN/c1-3-16-14(11-5-4-6-11)13-9-12(15)8-7-10(13)2/h7-9,11,14,16H,3-6H2,1-2H3. The fourth-order valence-corrected chi connectivity index (χ4v) is 2.47. The van der Waals surface area contributed by atoms with Crippen molar-refractivity contribution in [1.82, 2.24) is 5.32 Å². The molecule has 1 nitrogen and oxygen atoms in total. The van der Waals surface area contributed by atoms with Crippen LogP contribution in [-0.4, -0.2) is 6.54 Å². The van der Waals surface area contributed by atoms with Crippen molar-refractivity contribution in [3.63, 3.8) is 0 Å². The Balaban J connectivity index is 2.25. The Morgan fingerprint density at radius 3 is 2.75 bits per heavy atom. The third kappa shape index (κ3) is 2.27. The molecule has 2 heteroatoms. The second kappa shape index (κ2) is 4.96. The minimum Gasteiger partial charge on any atom is -0.310 e. The third-order valence-electron chi connectivity index (χ3n) is 3.62. The van der Waals surface area contributed by atoms with Gasteiger partial charge in [0, 0.05) is 6.04 Å². The average Bonchev–Trinajstić information content (AvgIpc) is 2.18. The summed E-state index contributed by atoms with van der Waals surface area (Å²) in [6, 6.07) is 5.46. The van der Waals surface area contributed by atoms with Gasteiger partial charge in [0.25, 0.3) is 0 Å². The summed E-state index contributed by atoms with van der Waals surface area (Å²) >= 11 is 0. The molecule has 1 aromatic rings. The Morgan fingerprint density at radius 1 is 1.44 bits per heavy atom. The second-order valence-electron chi connectivity index (χ2n) is 4.73. The van der Waals surface area contributed by atoms with E-state index in [0.29, 0.717) is 12.0 Å². The third-order valence-corrected chi connectivity index (χ3v) is 3.62. The molecule has 1 aromatic carbocycles. The predicted molar refractivity (Wildman–Crippen MR) is 64.9 cm³/mol. The van der Waals surface area contributed by atoms with Gasteiger partial charge in [-0.2, -0.15) is 0 Å². The van der Waals surface area contributed by atoms with Crippen molar-refractivity contribution in [2.24, 2.45) is 5.92 Å². The van der Waals surface area contributed by atoms with Gasteiger partial charge in [-0.05, 0) is 55.5 Å². The fourth-order valence-electron chi connectivity index (χ4n) is 2.47. The van der Waals surface area contributed by atoms with Crippen molar-refractivity contribution in [2.45, 2.75) is 39.2 Å². The molecule has 0 aliphatic heterocycles. The molecule has 0 saturated heterocycles. The molecule has 2 rings (SSSR count). The van der Waals surface area contributed by atoms with Crippen molar-refractivity contribution in [2.75, 3.05) is 6.54 Å². The molecule has 16 heavy (non-hydrogen) atoms. The van der Waals surface area contributed by atoms with Gasteiger partial charge in [0.1, 0.15) is 5.82 Å². The lowest BCUT2D eigenvalue weighted by molar-refractivity contribution is 0.232. The molecular formula is C14H20FN. The summed E-state index contributed by atoms with van der Waals surface area (Å²) in [5.74, 6) is 0.572. The van der Waals surface area contributed by atoms with Crippen molar-refractivity contribution >= 4 is 0 Å². The van der Waals surface area contributed by atoms with E-state index in [9.17, 15) is 4.39 Å². The number of benzene rings is 1. The number of halogens is 1. The lowest BCUT2D eigenvalue weighted by Crippen LogP contribution is -2.32. The van der Waals surface area contributed by atoms with E-state index in [2.05, 4.69) is 19.2 Å². The number of hydrogen-bond acceptors (Lipinski definition) is 1. The monoisotopic (exact) mass is 221 g/mol. The van der Waals surface area contributed by atoms with E-state index in [1.54, 1.807) is 12.1 Å². The van der Waals surface area contributed by atoms with E-state index in [0.717, 1.165) is 12.1 Å². The van der Waals surface area contributed by atoms with Crippen LogP contribution >= 0.6 is 0 Å². The SMILES string of the molecule is CCNC(c1cc(F)ccc1C)C1CCC1. The Kier molecular flexibility index (Phi) is 3.59. The van der Waals surface area contributed by atoms with E-state index >= 15 is 0 Å². The summed E-state index contributed by atoms with van der Waals surface area (Å²) in [4.78, 5) is 0. The first-order valence-corrected chi connectivity index (χ1v) is 6.21. The quantitative estimate of drug-likeness (QED) is 0.819. The second-order valence-corrected chi connectivity index (χ2v) is 4.73. The van der Waals surface area contributed by atoms with Crippen LogP contribution in [0.4, 0.5) is 4.39 Å². The van der Waals surface area contributed by atoms with E-state index in [-0.39, 0.29) is 5.82 Å². The van der Waals surface area contributed by atoms with Crippen LogP contribution in [0.3, 0.4) is 0 Å². The molecule has 1 aliphatic rings. The molecule has 88 valence electrons. The predicted octanol–water partition coefficient (Wildman–Crippen LogP) is 3.58. The van der Waals surface area contributed by atoms with Gasteiger partial charge in [-0.3, -0.25) is 0 Å². The van der Waals surface area contributed by atoms with Crippen LogP contribution in [0, 0.1) is 18.7 Å². The van der Waals surface area contributed by atoms with Gasteiger partial charge in [0.15, 0.2) is 0 Å². The van der Waals surface area contributed by atoms with Gasteiger partial charge in [0.2, 0.25) is 0 Å². The van der Waals surface area contributed by atoms with Crippen molar-refractivity contribution in [3.8, 4) is 0 Å². The minimum atomic E-state index is -0.122. The highest BCUT2D eigenvalue weighted by Gasteiger charge is 2.28. The van der Waals surface area contributed by atoms with Gasteiger partial charge in [-0.25, -0.2) is 4.39 Å². The summed E-state index contributed by atoms with van der Waals surface area (Å²) in [6.07, 6.45) is 3.86. The highest BCUT2D eigenvalue weighted by atomic mass is 19.1. The Labute approximate surface area is 97.1 Å². The summed E-state index contributed by atoms with van der Waals surface area (Å²) < 4.78 is 13.3. The molecule has 1 aliphatic carbocycles. The molecule has 1 saturated carbocycles. The molecule has 0 spiro atoms. The van der Waals surface area contributed by atoms with Crippen LogP contribution in [0.15, 0.2) is 18.2 Å². The van der Waals surface area contributed by atoms with E-state index in [1.165, 1.54) is 24.8 Å². The van der Waals surface area contributed by atoms with E-state index in [4.69, 9.17) is 0 Å². The summed E-state index contributed by atoms with van der Waals surface area (Å²) in [5.41, 5.74) is 2.34. The Morgan fingerprint density at radius 2 is 2.19 bits per heavy atom. The fraction of sp³-hybridized carbons (Fsp3) is 0.571. The average molecular weight is 221 g/mol. The summed E-state index contributed by atoms with van der Waals surface area (Å²) in [7, 11) is 0. The zero-order valence-electron chi connectivity index (χ0n) is 10.1. The van der Waals surface area contributed by atoms with Crippen LogP contribution in [0.5, 0.6) is 0 Å². The van der Waals surface area contributed by atoms with Crippen LogP contribution in [-0.2, 0) is 0 Å². The molecule has 1 atom stereocenters. The van der Waals surface area contributed by atoms with Crippen LogP contribution in [0.25, 0.3) is 0 Å². The lowest BCUT2D eigenvalue weighted by atomic mass is 9.76. The Bertz CT molecular complexity index is 358. The topological polar surface area (TPSA) is 12.0 Å². The maximum Gasteiger partial charge on any atom is 0.123 e. The van der Waals surface area contributed by atoms with E-state index < -0.39 is 0 Å². The molecular weight excluding hydrogens is 201 g/mol. The lowest BCUT2D eigenvalue weighted by Gasteiger charge is -2.35. The van der Waals surface area contributed by atoms with Crippen molar-refractivity contribution < 1.29 is 4.39 Å².